The number of hydrogen-bond donors (Lipinski definition) is 2. The predicted octanol–water partition coefficient (Wildman–Crippen LogP) is 3.09. The first-order chi connectivity index (χ1) is 12.5. The SMILES string of the molecule is CN=C(NCCCOCC1CCOCC1)NCc1ncc(C(C)(C)C)o1.I. The van der Waals surface area contributed by atoms with Crippen LogP contribution in [0.5, 0.6) is 0 Å². The van der Waals surface area contributed by atoms with Crippen molar-refractivity contribution in [1.29, 1.82) is 0 Å². The summed E-state index contributed by atoms with van der Waals surface area (Å²) in [5.74, 6) is 2.95. The molecule has 0 spiro atoms. The molecule has 156 valence electrons. The third kappa shape index (κ3) is 9.25. The van der Waals surface area contributed by atoms with Crippen LogP contribution < -0.4 is 10.6 Å². The van der Waals surface area contributed by atoms with Gasteiger partial charge in [0.1, 0.15) is 5.76 Å². The molecule has 2 rings (SSSR count). The number of aromatic nitrogens is 1. The zero-order chi connectivity index (χ0) is 18.8. The summed E-state index contributed by atoms with van der Waals surface area (Å²) in [7, 11) is 1.76. The summed E-state index contributed by atoms with van der Waals surface area (Å²) in [5.41, 5.74) is -0.0319. The Morgan fingerprint density at radius 3 is 2.67 bits per heavy atom. The summed E-state index contributed by atoms with van der Waals surface area (Å²) in [6.07, 6.45) is 4.97. The third-order valence-corrected chi connectivity index (χ3v) is 4.38. The topological polar surface area (TPSA) is 80.9 Å². The monoisotopic (exact) mass is 494 g/mol. The average molecular weight is 494 g/mol. The van der Waals surface area contributed by atoms with Crippen molar-refractivity contribution in [3.05, 3.63) is 17.8 Å². The molecule has 0 atom stereocenters. The summed E-state index contributed by atoms with van der Waals surface area (Å²) in [4.78, 5) is 8.53. The van der Waals surface area contributed by atoms with E-state index in [0.717, 1.165) is 64.0 Å². The highest BCUT2D eigenvalue weighted by Gasteiger charge is 2.19. The number of rotatable bonds is 8. The molecule has 1 aliphatic heterocycles. The molecule has 8 heteroatoms. The van der Waals surface area contributed by atoms with Crippen LogP contribution in [0.3, 0.4) is 0 Å². The van der Waals surface area contributed by atoms with Crippen LogP contribution in [0.4, 0.5) is 0 Å². The van der Waals surface area contributed by atoms with E-state index >= 15 is 0 Å². The lowest BCUT2D eigenvalue weighted by Gasteiger charge is -2.21. The molecule has 0 aromatic carbocycles. The lowest BCUT2D eigenvalue weighted by atomic mass is 9.94. The Kier molecular flexibility index (Phi) is 11.2. The molecule has 0 unspecified atom stereocenters. The van der Waals surface area contributed by atoms with E-state index in [9.17, 15) is 0 Å². The first-order valence-corrected chi connectivity index (χ1v) is 9.54. The maximum Gasteiger partial charge on any atom is 0.213 e. The van der Waals surface area contributed by atoms with Crippen LogP contribution in [-0.4, -0.2) is 51.0 Å². The third-order valence-electron chi connectivity index (χ3n) is 4.38. The first kappa shape index (κ1) is 24.2. The van der Waals surface area contributed by atoms with Crippen molar-refractivity contribution < 1.29 is 13.9 Å². The molecular weight excluding hydrogens is 459 g/mol. The van der Waals surface area contributed by atoms with Crippen molar-refractivity contribution >= 4 is 29.9 Å². The second-order valence-electron chi connectivity index (χ2n) is 7.71. The molecule has 2 heterocycles. The van der Waals surface area contributed by atoms with E-state index in [-0.39, 0.29) is 29.4 Å². The summed E-state index contributed by atoms with van der Waals surface area (Å²) in [5, 5.41) is 6.51. The zero-order valence-corrected chi connectivity index (χ0v) is 19.4. The molecule has 0 bridgehead atoms. The zero-order valence-electron chi connectivity index (χ0n) is 17.0. The van der Waals surface area contributed by atoms with Crippen molar-refractivity contribution in [1.82, 2.24) is 15.6 Å². The fourth-order valence-electron chi connectivity index (χ4n) is 2.66. The van der Waals surface area contributed by atoms with Crippen LogP contribution in [0.15, 0.2) is 15.6 Å². The Labute approximate surface area is 180 Å². The standard InChI is InChI=1S/C19H34N4O3.HI/c1-19(2,3)16-12-22-17(26-16)13-23-18(20-4)21-8-5-9-25-14-15-6-10-24-11-7-15;/h12,15H,5-11,13-14H2,1-4H3,(H2,20,21,23);1H. The normalized spacial score (nSPS) is 16.1. The minimum absolute atomic E-state index is 0. The highest BCUT2D eigenvalue weighted by Crippen LogP contribution is 2.22. The molecule has 1 aliphatic rings. The van der Waals surface area contributed by atoms with Crippen LogP contribution in [0.25, 0.3) is 0 Å². The Bertz CT molecular complexity index is 551. The maximum atomic E-state index is 5.77. The fraction of sp³-hybridized carbons (Fsp3) is 0.789. The van der Waals surface area contributed by atoms with Crippen LogP contribution in [0.1, 0.15) is 51.7 Å². The number of ether oxygens (including phenoxy) is 2. The number of hydrogen-bond acceptors (Lipinski definition) is 5. The highest BCUT2D eigenvalue weighted by molar-refractivity contribution is 14.0. The molecule has 1 fully saturated rings. The van der Waals surface area contributed by atoms with E-state index in [1.807, 2.05) is 0 Å². The van der Waals surface area contributed by atoms with Crippen LogP contribution >= 0.6 is 24.0 Å². The van der Waals surface area contributed by atoms with Crippen LogP contribution in [0.2, 0.25) is 0 Å². The van der Waals surface area contributed by atoms with Gasteiger partial charge >= 0.3 is 0 Å². The molecule has 1 aromatic heterocycles. The molecule has 0 amide bonds. The second kappa shape index (κ2) is 12.6. The van der Waals surface area contributed by atoms with Gasteiger partial charge in [0.25, 0.3) is 0 Å². The minimum atomic E-state index is -0.0319. The van der Waals surface area contributed by atoms with E-state index in [4.69, 9.17) is 13.9 Å². The Hall–Kier alpha value is -0.870. The van der Waals surface area contributed by atoms with Gasteiger partial charge in [-0.15, -0.1) is 24.0 Å². The lowest BCUT2D eigenvalue weighted by molar-refractivity contribution is 0.0203. The number of oxazole rings is 1. The Morgan fingerprint density at radius 1 is 1.30 bits per heavy atom. The van der Waals surface area contributed by atoms with Crippen molar-refractivity contribution in [3.63, 3.8) is 0 Å². The molecule has 0 aliphatic carbocycles. The predicted molar refractivity (Wildman–Crippen MR) is 118 cm³/mol. The molecule has 1 aromatic rings. The Balaban J connectivity index is 0.00000364. The molecule has 7 nitrogen and oxygen atoms in total. The van der Waals surface area contributed by atoms with Crippen molar-refractivity contribution in [2.45, 2.75) is 52.0 Å². The van der Waals surface area contributed by atoms with Crippen molar-refractivity contribution in [2.24, 2.45) is 10.9 Å². The smallest absolute Gasteiger partial charge is 0.213 e. The van der Waals surface area contributed by atoms with E-state index in [1.165, 1.54) is 0 Å². The van der Waals surface area contributed by atoms with Gasteiger partial charge in [0, 0.05) is 45.4 Å². The van der Waals surface area contributed by atoms with E-state index in [2.05, 4.69) is 41.4 Å². The number of halogens is 1. The van der Waals surface area contributed by atoms with Crippen LogP contribution in [0, 0.1) is 5.92 Å². The largest absolute Gasteiger partial charge is 0.443 e. The van der Waals surface area contributed by atoms with Gasteiger partial charge in [-0.05, 0) is 25.2 Å². The summed E-state index contributed by atoms with van der Waals surface area (Å²) in [6.45, 7) is 11.0. The van der Waals surface area contributed by atoms with E-state index in [0.29, 0.717) is 18.4 Å². The van der Waals surface area contributed by atoms with Crippen molar-refractivity contribution in [2.75, 3.05) is 40.0 Å². The van der Waals surface area contributed by atoms with Gasteiger partial charge < -0.3 is 24.5 Å². The van der Waals surface area contributed by atoms with Crippen LogP contribution in [-0.2, 0) is 21.4 Å². The highest BCUT2D eigenvalue weighted by atomic mass is 127. The number of nitrogens with zero attached hydrogens (tertiary/aromatic N) is 2. The molecule has 0 radical (unpaired) electrons. The quantitative estimate of drug-likeness (QED) is 0.250. The van der Waals surface area contributed by atoms with Crippen molar-refractivity contribution in [3.8, 4) is 0 Å². The summed E-state index contributed by atoms with van der Waals surface area (Å²) >= 11 is 0. The first-order valence-electron chi connectivity index (χ1n) is 9.54. The molecule has 1 saturated heterocycles. The van der Waals surface area contributed by atoms with Gasteiger partial charge in [0.05, 0.1) is 12.7 Å². The van der Waals surface area contributed by atoms with E-state index in [1.54, 1.807) is 13.2 Å². The van der Waals surface area contributed by atoms with Gasteiger partial charge in [-0.1, -0.05) is 20.8 Å². The average Bonchev–Trinajstić information content (AvgIpc) is 3.11. The maximum absolute atomic E-state index is 5.77. The molecule has 27 heavy (non-hydrogen) atoms. The number of guanidine groups is 1. The van der Waals surface area contributed by atoms with Gasteiger partial charge in [-0.25, -0.2) is 4.98 Å². The van der Waals surface area contributed by atoms with Gasteiger partial charge in [0.2, 0.25) is 5.89 Å². The number of aliphatic imine (C=N–C) groups is 1. The number of nitrogens with one attached hydrogen (secondary N) is 2. The Morgan fingerprint density at radius 2 is 2.04 bits per heavy atom. The summed E-state index contributed by atoms with van der Waals surface area (Å²) < 4.78 is 16.9. The van der Waals surface area contributed by atoms with Gasteiger partial charge in [-0.2, -0.15) is 0 Å². The van der Waals surface area contributed by atoms with Gasteiger partial charge in [-0.3, -0.25) is 4.99 Å². The molecule has 2 N–H and O–H groups in total. The van der Waals surface area contributed by atoms with Gasteiger partial charge in [0.15, 0.2) is 5.96 Å². The molecular formula is C19H35IN4O3. The lowest BCUT2D eigenvalue weighted by Crippen LogP contribution is -2.37. The minimum Gasteiger partial charge on any atom is -0.443 e. The molecule has 0 saturated carbocycles. The fourth-order valence-corrected chi connectivity index (χ4v) is 2.66. The second-order valence-corrected chi connectivity index (χ2v) is 7.71. The van der Waals surface area contributed by atoms with E-state index < -0.39 is 0 Å². The summed E-state index contributed by atoms with van der Waals surface area (Å²) in [6, 6.07) is 0.